The Morgan fingerprint density at radius 2 is 1.38 bits per heavy atom. The van der Waals surface area contributed by atoms with Gasteiger partial charge in [0.25, 0.3) is 5.69 Å². The SMILES string of the molecule is O=C(Nc1ccc(Oc2ccccc2)cc1)C(=O)Nc1ccc(Cl)c([N+](=O)[O-])c1. The number of carbonyl (C=O) groups is 2. The van der Waals surface area contributed by atoms with Gasteiger partial charge in [-0.1, -0.05) is 29.8 Å². The summed E-state index contributed by atoms with van der Waals surface area (Å²) in [6.45, 7) is 0. The molecule has 2 amide bonds. The number of carbonyl (C=O) groups excluding carboxylic acids is 2. The number of nitro benzene ring substituents is 1. The third kappa shape index (κ3) is 5.30. The van der Waals surface area contributed by atoms with Gasteiger partial charge in [-0.15, -0.1) is 0 Å². The van der Waals surface area contributed by atoms with Crippen molar-refractivity contribution in [2.45, 2.75) is 0 Å². The minimum Gasteiger partial charge on any atom is -0.457 e. The van der Waals surface area contributed by atoms with E-state index in [2.05, 4.69) is 10.6 Å². The third-order valence-corrected chi connectivity index (χ3v) is 4.02. The monoisotopic (exact) mass is 411 g/mol. The van der Waals surface area contributed by atoms with Gasteiger partial charge in [0.15, 0.2) is 0 Å². The van der Waals surface area contributed by atoms with Gasteiger partial charge in [-0.2, -0.15) is 0 Å². The first-order valence-corrected chi connectivity index (χ1v) is 8.69. The predicted octanol–water partition coefficient (Wildman–Crippen LogP) is 4.62. The van der Waals surface area contributed by atoms with Crippen LogP contribution in [0.15, 0.2) is 72.8 Å². The molecular formula is C20H14ClN3O5. The normalized spacial score (nSPS) is 10.1. The number of benzene rings is 3. The average molecular weight is 412 g/mol. The van der Waals surface area contributed by atoms with E-state index in [-0.39, 0.29) is 16.4 Å². The number of nitrogens with one attached hydrogen (secondary N) is 2. The molecule has 3 aromatic rings. The number of rotatable bonds is 5. The van der Waals surface area contributed by atoms with E-state index in [1.165, 1.54) is 12.1 Å². The highest BCUT2D eigenvalue weighted by Gasteiger charge is 2.17. The quantitative estimate of drug-likeness (QED) is 0.361. The topological polar surface area (TPSA) is 111 Å². The largest absolute Gasteiger partial charge is 0.457 e. The molecular weight excluding hydrogens is 398 g/mol. The summed E-state index contributed by atoms with van der Waals surface area (Å²) in [6, 6.07) is 19.3. The highest BCUT2D eigenvalue weighted by Crippen LogP contribution is 2.27. The van der Waals surface area contributed by atoms with Crippen molar-refractivity contribution in [3.05, 3.63) is 87.9 Å². The minimum atomic E-state index is -0.980. The molecule has 0 aliphatic carbocycles. The van der Waals surface area contributed by atoms with Crippen LogP contribution in [0.25, 0.3) is 0 Å². The van der Waals surface area contributed by atoms with Crippen molar-refractivity contribution in [1.29, 1.82) is 0 Å². The summed E-state index contributed by atoms with van der Waals surface area (Å²) in [4.78, 5) is 34.3. The van der Waals surface area contributed by atoms with Crippen molar-refractivity contribution < 1.29 is 19.2 Å². The molecule has 3 rings (SSSR count). The van der Waals surface area contributed by atoms with Crippen LogP contribution in [-0.2, 0) is 9.59 Å². The Morgan fingerprint density at radius 3 is 2.00 bits per heavy atom. The maximum absolute atomic E-state index is 12.1. The number of nitro groups is 1. The lowest BCUT2D eigenvalue weighted by Gasteiger charge is -2.08. The van der Waals surface area contributed by atoms with Gasteiger partial charge in [0.1, 0.15) is 16.5 Å². The molecule has 2 N–H and O–H groups in total. The van der Waals surface area contributed by atoms with Crippen LogP contribution in [0.4, 0.5) is 17.1 Å². The van der Waals surface area contributed by atoms with Gasteiger partial charge in [0.2, 0.25) is 0 Å². The number of nitrogens with zero attached hydrogens (tertiary/aromatic N) is 1. The van der Waals surface area contributed by atoms with Gasteiger partial charge in [0, 0.05) is 17.4 Å². The van der Waals surface area contributed by atoms with E-state index < -0.39 is 16.7 Å². The van der Waals surface area contributed by atoms with Crippen molar-refractivity contribution in [2.24, 2.45) is 0 Å². The molecule has 0 fully saturated rings. The lowest BCUT2D eigenvalue weighted by atomic mass is 10.2. The maximum atomic E-state index is 12.1. The number of halogens is 1. The highest BCUT2D eigenvalue weighted by atomic mass is 35.5. The Kier molecular flexibility index (Phi) is 6.06. The number of hydrogen-bond donors (Lipinski definition) is 2. The summed E-state index contributed by atoms with van der Waals surface area (Å²) in [5, 5.41) is 15.5. The van der Waals surface area contributed by atoms with Gasteiger partial charge < -0.3 is 15.4 Å². The van der Waals surface area contributed by atoms with Crippen molar-refractivity contribution in [3.8, 4) is 11.5 Å². The maximum Gasteiger partial charge on any atom is 0.314 e. The molecule has 9 heteroatoms. The van der Waals surface area contributed by atoms with Crippen LogP contribution in [-0.4, -0.2) is 16.7 Å². The number of anilines is 2. The molecule has 0 atom stereocenters. The minimum absolute atomic E-state index is 0.0738. The van der Waals surface area contributed by atoms with Crippen LogP contribution < -0.4 is 15.4 Å². The van der Waals surface area contributed by atoms with Gasteiger partial charge in [0.05, 0.1) is 4.92 Å². The molecule has 0 aromatic heterocycles. The van der Waals surface area contributed by atoms with E-state index in [1.54, 1.807) is 36.4 Å². The van der Waals surface area contributed by atoms with Crippen LogP contribution >= 0.6 is 11.6 Å². The first-order chi connectivity index (χ1) is 13.9. The Morgan fingerprint density at radius 1 is 0.828 bits per heavy atom. The van der Waals surface area contributed by atoms with Crippen LogP contribution in [0, 0.1) is 10.1 Å². The van der Waals surface area contributed by atoms with E-state index in [0.717, 1.165) is 6.07 Å². The second-order valence-electron chi connectivity index (χ2n) is 5.77. The second-order valence-corrected chi connectivity index (χ2v) is 6.18. The molecule has 0 bridgehead atoms. The molecule has 0 aliphatic heterocycles. The standard InChI is InChI=1S/C20H14ClN3O5/c21-17-11-8-14(12-18(17)24(27)28)23-20(26)19(25)22-13-6-9-16(10-7-13)29-15-4-2-1-3-5-15/h1-12H,(H,22,25)(H,23,26). The highest BCUT2D eigenvalue weighted by molar-refractivity contribution is 6.43. The first-order valence-electron chi connectivity index (χ1n) is 8.31. The van der Waals surface area contributed by atoms with Crippen molar-refractivity contribution in [2.75, 3.05) is 10.6 Å². The van der Waals surface area contributed by atoms with Gasteiger partial charge in [-0.05, 0) is 48.5 Å². The lowest BCUT2D eigenvalue weighted by molar-refractivity contribution is -0.384. The number of hydrogen-bond acceptors (Lipinski definition) is 5. The molecule has 146 valence electrons. The molecule has 0 aliphatic rings. The zero-order valence-corrected chi connectivity index (χ0v) is 15.6. The molecule has 3 aromatic carbocycles. The summed E-state index contributed by atoms with van der Waals surface area (Å²) in [5.74, 6) is -0.682. The first kappa shape index (κ1) is 19.8. The molecule has 0 unspecified atom stereocenters. The molecule has 0 spiro atoms. The average Bonchev–Trinajstić information content (AvgIpc) is 2.71. The Labute approximate surface area is 170 Å². The van der Waals surface area contributed by atoms with Crippen molar-refractivity contribution in [1.82, 2.24) is 0 Å². The fraction of sp³-hybridized carbons (Fsp3) is 0. The van der Waals surface area contributed by atoms with E-state index >= 15 is 0 Å². The zero-order valence-electron chi connectivity index (χ0n) is 14.8. The lowest BCUT2D eigenvalue weighted by Crippen LogP contribution is -2.29. The smallest absolute Gasteiger partial charge is 0.314 e. The van der Waals surface area contributed by atoms with E-state index in [4.69, 9.17) is 16.3 Å². The summed E-state index contributed by atoms with van der Waals surface area (Å²) in [7, 11) is 0. The molecule has 0 radical (unpaired) electrons. The van der Waals surface area contributed by atoms with E-state index in [0.29, 0.717) is 17.2 Å². The van der Waals surface area contributed by atoms with Crippen LogP contribution in [0.3, 0.4) is 0 Å². The molecule has 29 heavy (non-hydrogen) atoms. The zero-order chi connectivity index (χ0) is 20.8. The predicted molar refractivity (Wildman–Crippen MR) is 108 cm³/mol. The van der Waals surface area contributed by atoms with Crippen LogP contribution in [0.1, 0.15) is 0 Å². The summed E-state index contributed by atoms with van der Waals surface area (Å²) in [6.07, 6.45) is 0. The Bertz CT molecular complexity index is 1060. The second kappa shape index (κ2) is 8.85. The van der Waals surface area contributed by atoms with Crippen molar-refractivity contribution >= 4 is 40.5 Å². The van der Waals surface area contributed by atoms with Gasteiger partial charge in [-0.25, -0.2) is 0 Å². The number of para-hydroxylation sites is 1. The van der Waals surface area contributed by atoms with Crippen molar-refractivity contribution in [3.63, 3.8) is 0 Å². The van der Waals surface area contributed by atoms with E-state index in [1.807, 2.05) is 18.2 Å². The van der Waals surface area contributed by atoms with Crippen LogP contribution in [0.5, 0.6) is 11.5 Å². The number of amides is 2. The Hall–Kier alpha value is -3.91. The van der Waals surface area contributed by atoms with Gasteiger partial charge in [-0.3, -0.25) is 19.7 Å². The third-order valence-electron chi connectivity index (χ3n) is 3.70. The number of ether oxygens (including phenoxy) is 1. The fourth-order valence-corrected chi connectivity index (χ4v) is 2.52. The summed E-state index contributed by atoms with van der Waals surface area (Å²) >= 11 is 5.72. The summed E-state index contributed by atoms with van der Waals surface area (Å²) < 4.78 is 5.65. The van der Waals surface area contributed by atoms with Crippen LogP contribution in [0.2, 0.25) is 5.02 Å². The molecule has 8 nitrogen and oxygen atoms in total. The summed E-state index contributed by atoms with van der Waals surface area (Å²) in [5.41, 5.74) is 0.0828. The molecule has 0 saturated carbocycles. The Balaban J connectivity index is 1.60. The van der Waals surface area contributed by atoms with Gasteiger partial charge >= 0.3 is 11.8 Å². The van der Waals surface area contributed by atoms with E-state index in [9.17, 15) is 19.7 Å². The molecule has 0 saturated heterocycles. The molecule has 0 heterocycles. The fourth-order valence-electron chi connectivity index (χ4n) is 2.34.